The van der Waals surface area contributed by atoms with E-state index in [0.29, 0.717) is 0 Å². The van der Waals surface area contributed by atoms with Gasteiger partial charge in [0.05, 0.1) is 12.8 Å². The lowest BCUT2D eigenvalue weighted by Gasteiger charge is -2.04. The van der Waals surface area contributed by atoms with E-state index in [1.165, 1.54) is 0 Å². The van der Waals surface area contributed by atoms with Crippen LogP contribution in [0.4, 0.5) is 0 Å². The Morgan fingerprint density at radius 3 is 2.55 bits per heavy atom. The van der Waals surface area contributed by atoms with Crippen LogP contribution in [0, 0.1) is 0 Å². The molecule has 0 fully saturated rings. The van der Waals surface area contributed by atoms with Gasteiger partial charge >= 0.3 is 0 Å². The summed E-state index contributed by atoms with van der Waals surface area (Å²) in [5.41, 5.74) is 3.76. The summed E-state index contributed by atoms with van der Waals surface area (Å²) in [5.74, 6) is 0.824. The first kappa shape index (κ1) is 12.9. The highest BCUT2D eigenvalue weighted by molar-refractivity contribution is 9.10. The third-order valence-corrected chi connectivity index (χ3v) is 3.52. The molecule has 0 unspecified atom stereocenters. The Labute approximate surface area is 124 Å². The smallest absolute Gasteiger partial charge is 0.120 e. The number of hydrogen-bond acceptors (Lipinski definition) is 3. The fourth-order valence-electron chi connectivity index (χ4n) is 2.02. The van der Waals surface area contributed by atoms with Crippen molar-refractivity contribution in [1.82, 2.24) is 15.4 Å². The van der Waals surface area contributed by atoms with Gasteiger partial charge in [-0.25, -0.2) is 0 Å². The molecule has 0 radical (unpaired) electrons. The van der Waals surface area contributed by atoms with Crippen molar-refractivity contribution in [2.24, 2.45) is 0 Å². The number of benzene rings is 2. The van der Waals surface area contributed by atoms with E-state index in [1.807, 2.05) is 48.5 Å². The van der Waals surface area contributed by atoms with Gasteiger partial charge in [-0.05, 0) is 36.4 Å². The Balaban J connectivity index is 2.05. The zero-order valence-corrected chi connectivity index (χ0v) is 12.4. The molecule has 0 saturated carbocycles. The maximum atomic E-state index is 5.17. The highest BCUT2D eigenvalue weighted by Gasteiger charge is 2.12. The topological polar surface area (TPSA) is 50.8 Å². The summed E-state index contributed by atoms with van der Waals surface area (Å²) in [6.07, 6.45) is 0. The SMILES string of the molecule is COc1ccc(-c2[nH]nnc2-c2cccc(Br)c2)cc1. The highest BCUT2D eigenvalue weighted by atomic mass is 79.9. The first-order chi connectivity index (χ1) is 9.78. The van der Waals surface area contributed by atoms with Crippen LogP contribution in [0.15, 0.2) is 53.0 Å². The quantitative estimate of drug-likeness (QED) is 0.792. The minimum Gasteiger partial charge on any atom is -0.497 e. The Hall–Kier alpha value is -2.14. The molecule has 2 aromatic carbocycles. The molecule has 4 nitrogen and oxygen atoms in total. The van der Waals surface area contributed by atoms with E-state index in [9.17, 15) is 0 Å². The number of H-pyrrole nitrogens is 1. The molecule has 20 heavy (non-hydrogen) atoms. The van der Waals surface area contributed by atoms with E-state index in [0.717, 1.165) is 32.7 Å². The molecule has 0 saturated heterocycles. The number of aromatic nitrogens is 3. The lowest BCUT2D eigenvalue weighted by Crippen LogP contribution is -1.86. The molecular weight excluding hydrogens is 318 g/mol. The first-order valence-corrected chi connectivity index (χ1v) is 6.88. The zero-order chi connectivity index (χ0) is 13.9. The summed E-state index contributed by atoms with van der Waals surface area (Å²) >= 11 is 3.47. The van der Waals surface area contributed by atoms with E-state index < -0.39 is 0 Å². The minimum absolute atomic E-state index is 0.824. The van der Waals surface area contributed by atoms with Crippen molar-refractivity contribution in [3.05, 3.63) is 53.0 Å². The average Bonchev–Trinajstić information content (AvgIpc) is 2.97. The highest BCUT2D eigenvalue weighted by Crippen LogP contribution is 2.30. The van der Waals surface area contributed by atoms with E-state index in [1.54, 1.807) is 7.11 Å². The van der Waals surface area contributed by atoms with Crippen LogP contribution >= 0.6 is 15.9 Å². The number of ether oxygens (including phenoxy) is 1. The summed E-state index contributed by atoms with van der Waals surface area (Å²) < 4.78 is 6.18. The average molecular weight is 330 g/mol. The van der Waals surface area contributed by atoms with Gasteiger partial charge in [-0.1, -0.05) is 33.3 Å². The van der Waals surface area contributed by atoms with Crippen LogP contribution in [0.2, 0.25) is 0 Å². The number of hydrogen-bond donors (Lipinski definition) is 1. The maximum Gasteiger partial charge on any atom is 0.120 e. The summed E-state index contributed by atoms with van der Waals surface area (Å²) in [7, 11) is 1.65. The van der Waals surface area contributed by atoms with Crippen LogP contribution in [0.5, 0.6) is 5.75 Å². The second-order valence-corrected chi connectivity index (χ2v) is 5.19. The van der Waals surface area contributed by atoms with E-state index in [-0.39, 0.29) is 0 Å². The molecule has 0 aliphatic carbocycles. The van der Waals surface area contributed by atoms with Crippen molar-refractivity contribution in [1.29, 1.82) is 0 Å². The van der Waals surface area contributed by atoms with Gasteiger partial charge < -0.3 is 4.74 Å². The van der Waals surface area contributed by atoms with Crippen LogP contribution in [0.25, 0.3) is 22.5 Å². The molecule has 0 bridgehead atoms. The van der Waals surface area contributed by atoms with Crippen LogP contribution in [-0.2, 0) is 0 Å². The van der Waals surface area contributed by atoms with Gasteiger partial charge in [0.25, 0.3) is 0 Å². The molecule has 3 aromatic rings. The molecule has 3 rings (SSSR count). The third-order valence-electron chi connectivity index (χ3n) is 3.03. The predicted molar refractivity (Wildman–Crippen MR) is 81.5 cm³/mol. The van der Waals surface area contributed by atoms with E-state index in [2.05, 4.69) is 31.3 Å². The number of rotatable bonds is 3. The molecule has 0 amide bonds. The number of halogens is 1. The number of nitrogens with zero attached hydrogens (tertiary/aromatic N) is 2. The summed E-state index contributed by atoms with van der Waals surface area (Å²) in [4.78, 5) is 0. The monoisotopic (exact) mass is 329 g/mol. The predicted octanol–water partition coefficient (Wildman–Crippen LogP) is 3.91. The van der Waals surface area contributed by atoms with Crippen LogP contribution in [-0.4, -0.2) is 22.5 Å². The van der Waals surface area contributed by atoms with Gasteiger partial charge in [-0.3, -0.25) is 5.10 Å². The van der Waals surface area contributed by atoms with Crippen molar-refractivity contribution in [3.8, 4) is 28.3 Å². The fourth-order valence-corrected chi connectivity index (χ4v) is 2.42. The van der Waals surface area contributed by atoms with Crippen molar-refractivity contribution in [2.45, 2.75) is 0 Å². The zero-order valence-electron chi connectivity index (χ0n) is 10.8. The van der Waals surface area contributed by atoms with Gasteiger partial charge in [-0.2, -0.15) is 0 Å². The van der Waals surface area contributed by atoms with Crippen molar-refractivity contribution < 1.29 is 4.74 Å². The normalized spacial score (nSPS) is 10.5. The van der Waals surface area contributed by atoms with Gasteiger partial charge in [0.15, 0.2) is 0 Å². The number of nitrogens with one attached hydrogen (secondary N) is 1. The van der Waals surface area contributed by atoms with Crippen LogP contribution in [0.3, 0.4) is 0 Å². The maximum absolute atomic E-state index is 5.17. The van der Waals surface area contributed by atoms with E-state index in [4.69, 9.17) is 4.74 Å². The van der Waals surface area contributed by atoms with Crippen LogP contribution < -0.4 is 4.74 Å². The molecular formula is C15H12BrN3O. The number of methoxy groups -OCH3 is 1. The minimum atomic E-state index is 0.824. The Morgan fingerprint density at radius 1 is 1.05 bits per heavy atom. The summed E-state index contributed by atoms with van der Waals surface area (Å²) in [6, 6.07) is 15.8. The van der Waals surface area contributed by atoms with E-state index >= 15 is 0 Å². The molecule has 0 atom stereocenters. The van der Waals surface area contributed by atoms with Crippen LogP contribution in [0.1, 0.15) is 0 Å². The molecule has 1 aromatic heterocycles. The van der Waals surface area contributed by atoms with Crippen molar-refractivity contribution in [2.75, 3.05) is 7.11 Å². The lowest BCUT2D eigenvalue weighted by atomic mass is 10.1. The molecule has 1 heterocycles. The standard InChI is InChI=1S/C15H12BrN3O/c1-20-13-7-5-10(6-8-13)14-15(18-19-17-14)11-3-2-4-12(16)9-11/h2-9H,1H3,(H,17,18,19). The number of aromatic amines is 1. The van der Waals surface area contributed by atoms with Crippen molar-refractivity contribution in [3.63, 3.8) is 0 Å². The molecule has 1 N–H and O–H groups in total. The fraction of sp³-hybridized carbons (Fsp3) is 0.0667. The Morgan fingerprint density at radius 2 is 1.85 bits per heavy atom. The second-order valence-electron chi connectivity index (χ2n) is 4.27. The lowest BCUT2D eigenvalue weighted by molar-refractivity contribution is 0.415. The van der Waals surface area contributed by atoms with Crippen molar-refractivity contribution >= 4 is 15.9 Å². The molecule has 0 spiro atoms. The Kier molecular flexibility index (Phi) is 3.52. The Bertz CT molecular complexity index is 722. The van der Waals surface area contributed by atoms with Gasteiger partial charge in [0.1, 0.15) is 11.4 Å². The molecule has 100 valence electrons. The third kappa shape index (κ3) is 2.44. The molecule has 0 aliphatic heterocycles. The molecule has 0 aliphatic rings. The summed E-state index contributed by atoms with van der Waals surface area (Å²) in [5, 5.41) is 11.1. The van der Waals surface area contributed by atoms with Gasteiger partial charge in [0, 0.05) is 15.6 Å². The second kappa shape index (κ2) is 5.46. The summed E-state index contributed by atoms with van der Waals surface area (Å²) in [6.45, 7) is 0. The largest absolute Gasteiger partial charge is 0.497 e. The van der Waals surface area contributed by atoms with Gasteiger partial charge in [0.2, 0.25) is 0 Å². The molecule has 5 heteroatoms. The van der Waals surface area contributed by atoms with Gasteiger partial charge in [-0.15, -0.1) is 5.10 Å². The first-order valence-electron chi connectivity index (χ1n) is 6.09.